The van der Waals surface area contributed by atoms with Gasteiger partial charge in [-0.2, -0.15) is 0 Å². The van der Waals surface area contributed by atoms with Crippen LogP contribution in [0.25, 0.3) is 0 Å². The lowest BCUT2D eigenvalue weighted by atomic mass is 9.79. The highest BCUT2D eigenvalue weighted by Gasteiger charge is 2.33. The van der Waals surface area contributed by atoms with Crippen molar-refractivity contribution in [3.63, 3.8) is 0 Å². The number of terminal acetylenes is 1. The third-order valence-electron chi connectivity index (χ3n) is 6.18. The molecule has 0 spiro atoms. The van der Waals surface area contributed by atoms with E-state index in [1.165, 1.54) is 0 Å². The summed E-state index contributed by atoms with van der Waals surface area (Å²) >= 11 is 0. The van der Waals surface area contributed by atoms with E-state index in [4.69, 9.17) is 6.42 Å². The number of ketones is 1. The van der Waals surface area contributed by atoms with Gasteiger partial charge in [0.05, 0.1) is 6.54 Å². The molecular formula is C20H29N3O3. The Kier molecular flexibility index (Phi) is 6.31. The minimum absolute atomic E-state index is 0.0446. The van der Waals surface area contributed by atoms with Crippen LogP contribution in [-0.4, -0.2) is 66.7 Å². The normalized spacial score (nSPS) is 27.9. The van der Waals surface area contributed by atoms with Crippen LogP contribution in [0.15, 0.2) is 0 Å². The zero-order valence-electron chi connectivity index (χ0n) is 15.4. The maximum Gasteiger partial charge on any atom is 0.236 e. The monoisotopic (exact) mass is 359 g/mol. The molecule has 0 unspecified atom stereocenters. The minimum Gasteiger partial charge on any atom is -0.342 e. The van der Waals surface area contributed by atoms with Crippen molar-refractivity contribution in [3.8, 4) is 12.3 Å². The molecule has 0 radical (unpaired) electrons. The Morgan fingerprint density at radius 2 is 1.69 bits per heavy atom. The maximum atomic E-state index is 12.8. The summed E-state index contributed by atoms with van der Waals surface area (Å²) in [4.78, 5) is 40.2. The van der Waals surface area contributed by atoms with Crippen LogP contribution < -0.4 is 5.32 Å². The Labute approximate surface area is 155 Å². The van der Waals surface area contributed by atoms with Gasteiger partial charge in [-0.15, -0.1) is 6.42 Å². The summed E-state index contributed by atoms with van der Waals surface area (Å²) in [6.45, 7) is 4.50. The average Bonchev–Trinajstić information content (AvgIpc) is 2.69. The van der Waals surface area contributed by atoms with E-state index < -0.39 is 0 Å². The van der Waals surface area contributed by atoms with Crippen LogP contribution in [-0.2, 0) is 14.4 Å². The van der Waals surface area contributed by atoms with Crippen molar-refractivity contribution < 1.29 is 14.4 Å². The summed E-state index contributed by atoms with van der Waals surface area (Å²) in [5.74, 6) is 3.02. The first-order valence-electron chi connectivity index (χ1n) is 9.86. The van der Waals surface area contributed by atoms with Crippen LogP contribution in [0.1, 0.15) is 38.5 Å². The predicted molar refractivity (Wildman–Crippen MR) is 98.0 cm³/mol. The number of nitrogens with zero attached hydrogens (tertiary/aromatic N) is 2. The molecule has 26 heavy (non-hydrogen) atoms. The van der Waals surface area contributed by atoms with Gasteiger partial charge in [-0.25, -0.2) is 0 Å². The van der Waals surface area contributed by atoms with Crippen LogP contribution in [0.2, 0.25) is 0 Å². The van der Waals surface area contributed by atoms with Crippen LogP contribution in [0, 0.1) is 30.1 Å². The fraction of sp³-hybridized carbons (Fsp3) is 0.750. The third kappa shape index (κ3) is 4.45. The number of likely N-dealkylation sites (tertiary alicyclic amines) is 1. The Bertz CT molecular complexity index is 582. The second-order valence-corrected chi connectivity index (χ2v) is 7.84. The van der Waals surface area contributed by atoms with E-state index in [0.717, 1.165) is 71.2 Å². The molecule has 6 nitrogen and oxygen atoms in total. The minimum atomic E-state index is -0.112. The van der Waals surface area contributed by atoms with Gasteiger partial charge in [0.1, 0.15) is 0 Å². The highest BCUT2D eigenvalue weighted by Crippen LogP contribution is 2.31. The summed E-state index contributed by atoms with van der Waals surface area (Å²) in [5, 5.41) is 3.10. The number of hydrogen-bond acceptors (Lipinski definition) is 4. The van der Waals surface area contributed by atoms with Gasteiger partial charge in [-0.3, -0.25) is 14.4 Å². The second kappa shape index (κ2) is 8.68. The van der Waals surface area contributed by atoms with Crippen molar-refractivity contribution in [2.75, 3.05) is 39.3 Å². The van der Waals surface area contributed by atoms with Gasteiger partial charge >= 0.3 is 0 Å². The van der Waals surface area contributed by atoms with Gasteiger partial charge in [0, 0.05) is 44.6 Å². The molecule has 0 atom stereocenters. The fourth-order valence-corrected chi connectivity index (χ4v) is 4.47. The highest BCUT2D eigenvalue weighted by molar-refractivity contribution is 5.96. The molecule has 3 rings (SSSR count). The molecule has 0 aromatic carbocycles. The van der Waals surface area contributed by atoms with E-state index in [1.54, 1.807) is 0 Å². The summed E-state index contributed by atoms with van der Waals surface area (Å²) in [7, 11) is 0. The van der Waals surface area contributed by atoms with Crippen LogP contribution >= 0.6 is 0 Å². The molecule has 1 saturated carbocycles. The summed E-state index contributed by atoms with van der Waals surface area (Å²) in [6, 6.07) is 0. The van der Waals surface area contributed by atoms with Crippen molar-refractivity contribution in [1.29, 1.82) is 0 Å². The summed E-state index contributed by atoms with van der Waals surface area (Å²) < 4.78 is 0. The lowest BCUT2D eigenvalue weighted by Gasteiger charge is -2.38. The smallest absolute Gasteiger partial charge is 0.236 e. The van der Waals surface area contributed by atoms with E-state index in [-0.39, 0.29) is 29.4 Å². The average molecular weight is 359 g/mol. The maximum absolute atomic E-state index is 12.8. The lowest BCUT2D eigenvalue weighted by Crippen LogP contribution is -2.51. The van der Waals surface area contributed by atoms with Crippen molar-refractivity contribution in [2.45, 2.75) is 38.5 Å². The SMILES string of the molecule is C#CC(=O)C1CCC(C(=O)N2CCC(CN3CCNCC3=O)CC2)CC1. The number of carbonyl (C=O) groups is 3. The topological polar surface area (TPSA) is 69.7 Å². The Hall–Kier alpha value is -1.87. The summed E-state index contributed by atoms with van der Waals surface area (Å²) in [5.41, 5.74) is 0. The van der Waals surface area contributed by atoms with Gasteiger partial charge in [0.2, 0.25) is 17.6 Å². The Morgan fingerprint density at radius 1 is 1.04 bits per heavy atom. The molecule has 1 N–H and O–H groups in total. The molecule has 0 aromatic rings. The molecule has 0 aromatic heterocycles. The molecule has 3 aliphatic rings. The standard InChI is InChI=1S/C20H29N3O3/c1-2-18(24)16-3-5-17(6-4-16)20(26)22-10-7-15(8-11-22)14-23-12-9-21-13-19(23)25/h1,15-17,21H,3-14H2. The molecule has 2 amide bonds. The van der Waals surface area contributed by atoms with E-state index in [2.05, 4.69) is 11.2 Å². The zero-order valence-corrected chi connectivity index (χ0v) is 15.4. The van der Waals surface area contributed by atoms with Crippen LogP contribution in [0.4, 0.5) is 0 Å². The van der Waals surface area contributed by atoms with E-state index in [0.29, 0.717) is 12.5 Å². The van der Waals surface area contributed by atoms with Crippen molar-refractivity contribution in [2.24, 2.45) is 17.8 Å². The lowest BCUT2D eigenvalue weighted by molar-refractivity contribution is -0.140. The number of nitrogens with one attached hydrogen (secondary N) is 1. The van der Waals surface area contributed by atoms with E-state index >= 15 is 0 Å². The van der Waals surface area contributed by atoms with Gasteiger partial charge in [-0.1, -0.05) is 0 Å². The highest BCUT2D eigenvalue weighted by atomic mass is 16.2. The second-order valence-electron chi connectivity index (χ2n) is 7.84. The largest absolute Gasteiger partial charge is 0.342 e. The number of rotatable bonds is 4. The molecule has 6 heteroatoms. The van der Waals surface area contributed by atoms with Gasteiger partial charge in [-0.05, 0) is 50.4 Å². The number of hydrogen-bond donors (Lipinski definition) is 1. The molecule has 3 fully saturated rings. The quantitative estimate of drug-likeness (QED) is 0.592. The third-order valence-corrected chi connectivity index (χ3v) is 6.18. The van der Waals surface area contributed by atoms with Gasteiger partial charge in [0.25, 0.3) is 0 Å². The Morgan fingerprint density at radius 3 is 2.31 bits per heavy atom. The van der Waals surface area contributed by atoms with Crippen LogP contribution in [0.5, 0.6) is 0 Å². The molecule has 2 heterocycles. The molecule has 2 saturated heterocycles. The van der Waals surface area contributed by atoms with E-state index in [1.807, 2.05) is 9.80 Å². The summed E-state index contributed by atoms with van der Waals surface area (Å²) in [6.07, 6.45) is 10.1. The first-order valence-corrected chi connectivity index (χ1v) is 9.86. The molecule has 2 aliphatic heterocycles. The fourth-order valence-electron chi connectivity index (χ4n) is 4.47. The molecule has 0 bridgehead atoms. The first kappa shape index (κ1) is 18.9. The van der Waals surface area contributed by atoms with Crippen molar-refractivity contribution in [3.05, 3.63) is 0 Å². The molecule has 1 aliphatic carbocycles. The number of amides is 2. The van der Waals surface area contributed by atoms with Crippen molar-refractivity contribution in [1.82, 2.24) is 15.1 Å². The first-order chi connectivity index (χ1) is 12.6. The van der Waals surface area contributed by atoms with Crippen LogP contribution in [0.3, 0.4) is 0 Å². The van der Waals surface area contributed by atoms with Gasteiger partial charge in [0.15, 0.2) is 0 Å². The molecule has 142 valence electrons. The van der Waals surface area contributed by atoms with Crippen molar-refractivity contribution >= 4 is 17.6 Å². The number of piperidine rings is 1. The number of Topliss-reactive ketones (excluding diaryl/α,β-unsaturated/α-hetero) is 1. The zero-order chi connectivity index (χ0) is 18.5. The molecular weight excluding hydrogens is 330 g/mol. The number of piperazine rings is 1. The Balaban J connectivity index is 1.42. The van der Waals surface area contributed by atoms with Gasteiger partial charge < -0.3 is 15.1 Å². The predicted octanol–water partition coefficient (Wildman–Crippen LogP) is 0.666. The van der Waals surface area contributed by atoms with E-state index in [9.17, 15) is 14.4 Å². The number of carbonyl (C=O) groups excluding carboxylic acids is 3.